The normalized spacial score (nSPS) is 10.0. The predicted molar refractivity (Wildman–Crippen MR) is 94.7 cm³/mol. The summed E-state index contributed by atoms with van der Waals surface area (Å²) in [7, 11) is 7.95. The Hall–Kier alpha value is -2.82. The zero-order valence-electron chi connectivity index (χ0n) is 14.6. The lowest BCUT2D eigenvalue weighted by Crippen LogP contribution is -1.99. The molecule has 0 N–H and O–H groups in total. The van der Waals surface area contributed by atoms with Crippen molar-refractivity contribution in [1.29, 1.82) is 0 Å². The zero-order chi connectivity index (χ0) is 17.7. The topological polar surface area (TPSA) is 46.2 Å². The predicted octanol–water partition coefficient (Wildman–Crippen LogP) is 4.04. The van der Waals surface area contributed by atoms with Crippen molar-refractivity contribution < 1.29 is 23.7 Å². The Morgan fingerprint density at radius 3 is 1.83 bits per heavy atom. The van der Waals surface area contributed by atoms with Gasteiger partial charge in [-0.3, -0.25) is 0 Å². The molecule has 0 fully saturated rings. The van der Waals surface area contributed by atoms with Gasteiger partial charge in [-0.2, -0.15) is 0 Å². The van der Waals surface area contributed by atoms with Crippen molar-refractivity contribution in [3.63, 3.8) is 0 Å². The molecule has 2 aromatic rings. The van der Waals surface area contributed by atoms with E-state index in [1.807, 2.05) is 24.3 Å². The van der Waals surface area contributed by atoms with Crippen molar-refractivity contribution in [2.45, 2.75) is 0 Å². The van der Waals surface area contributed by atoms with Crippen molar-refractivity contribution in [3.05, 3.63) is 36.4 Å². The van der Waals surface area contributed by atoms with E-state index < -0.39 is 0 Å². The Bertz CT molecular complexity index is 737. The summed E-state index contributed by atoms with van der Waals surface area (Å²) >= 11 is 0. The zero-order valence-corrected chi connectivity index (χ0v) is 14.6. The van der Waals surface area contributed by atoms with E-state index in [0.717, 1.165) is 16.7 Å². The molecule has 0 saturated heterocycles. The molecule has 0 aliphatic rings. The molecule has 0 aromatic heterocycles. The summed E-state index contributed by atoms with van der Waals surface area (Å²) in [5.74, 6) is 2.95. The summed E-state index contributed by atoms with van der Waals surface area (Å²) in [6.45, 7) is 3.89. The first-order valence-corrected chi connectivity index (χ1v) is 7.32. The fourth-order valence-corrected chi connectivity index (χ4v) is 2.63. The minimum atomic E-state index is 0.524. The molecule has 0 bridgehead atoms. The quantitative estimate of drug-likeness (QED) is 0.767. The van der Waals surface area contributed by atoms with Crippen LogP contribution in [0.25, 0.3) is 17.2 Å². The van der Waals surface area contributed by atoms with Gasteiger partial charge in [0.25, 0.3) is 0 Å². The van der Waals surface area contributed by atoms with E-state index in [9.17, 15) is 0 Å². The Kier molecular flexibility index (Phi) is 5.58. The van der Waals surface area contributed by atoms with Crippen molar-refractivity contribution in [1.82, 2.24) is 0 Å². The van der Waals surface area contributed by atoms with Gasteiger partial charge >= 0.3 is 0 Å². The summed E-state index contributed by atoms with van der Waals surface area (Å²) in [5.41, 5.74) is 2.59. The number of methoxy groups -OCH3 is 5. The van der Waals surface area contributed by atoms with Crippen LogP contribution in [0.4, 0.5) is 0 Å². The summed E-state index contributed by atoms with van der Waals surface area (Å²) in [4.78, 5) is 0. The summed E-state index contributed by atoms with van der Waals surface area (Å²) in [6.07, 6.45) is 1.75. The maximum absolute atomic E-state index is 5.61. The average Bonchev–Trinajstić information content (AvgIpc) is 2.65. The molecule has 0 unspecified atom stereocenters. The Balaban J connectivity index is 2.79. The van der Waals surface area contributed by atoms with Gasteiger partial charge in [0, 0.05) is 5.56 Å². The van der Waals surface area contributed by atoms with Gasteiger partial charge in [0.1, 0.15) is 0 Å². The van der Waals surface area contributed by atoms with Gasteiger partial charge < -0.3 is 23.7 Å². The molecule has 2 aromatic carbocycles. The number of rotatable bonds is 7. The van der Waals surface area contributed by atoms with Crippen LogP contribution in [0, 0.1) is 0 Å². The smallest absolute Gasteiger partial charge is 0.203 e. The first kappa shape index (κ1) is 17.5. The minimum Gasteiger partial charge on any atom is -0.493 e. The molecule has 0 heterocycles. The minimum absolute atomic E-state index is 0.524. The van der Waals surface area contributed by atoms with Crippen LogP contribution in [0.5, 0.6) is 28.7 Å². The molecular weight excluding hydrogens is 308 g/mol. The highest BCUT2D eigenvalue weighted by Crippen LogP contribution is 2.48. The highest BCUT2D eigenvalue weighted by Gasteiger charge is 2.21. The van der Waals surface area contributed by atoms with Gasteiger partial charge in [0.05, 0.1) is 35.5 Å². The molecule has 5 nitrogen and oxygen atoms in total. The molecule has 24 heavy (non-hydrogen) atoms. The lowest BCUT2D eigenvalue weighted by molar-refractivity contribution is 0.325. The van der Waals surface area contributed by atoms with E-state index >= 15 is 0 Å². The molecule has 0 aliphatic heterocycles. The molecule has 0 radical (unpaired) electrons. The Labute approximate surface area is 142 Å². The van der Waals surface area contributed by atoms with E-state index in [4.69, 9.17) is 23.7 Å². The first-order valence-electron chi connectivity index (χ1n) is 7.32. The Morgan fingerprint density at radius 2 is 1.33 bits per heavy atom. The van der Waals surface area contributed by atoms with Gasteiger partial charge in [-0.15, -0.1) is 0 Å². The monoisotopic (exact) mass is 330 g/mol. The molecule has 5 heteroatoms. The third-order valence-corrected chi connectivity index (χ3v) is 3.75. The molecular formula is C19H22O5. The largest absolute Gasteiger partial charge is 0.493 e. The van der Waals surface area contributed by atoms with Crippen LogP contribution in [0.1, 0.15) is 5.56 Å². The second kappa shape index (κ2) is 7.64. The van der Waals surface area contributed by atoms with Crippen LogP contribution in [0.15, 0.2) is 30.8 Å². The average molecular weight is 330 g/mol. The summed E-state index contributed by atoms with van der Waals surface area (Å²) < 4.78 is 27.2. The molecule has 128 valence electrons. The Morgan fingerprint density at radius 1 is 0.708 bits per heavy atom. The van der Waals surface area contributed by atoms with Crippen LogP contribution in [0.3, 0.4) is 0 Å². The van der Waals surface area contributed by atoms with E-state index in [1.54, 1.807) is 41.6 Å². The summed E-state index contributed by atoms with van der Waals surface area (Å²) in [6, 6.07) is 7.52. The molecule has 2 rings (SSSR count). The first-order chi connectivity index (χ1) is 11.6. The highest BCUT2D eigenvalue weighted by atomic mass is 16.5. The SMILES string of the molecule is C=Cc1cc(OC)c(OC)c(OC)c1-c1ccc(OC)c(OC)c1. The third-order valence-electron chi connectivity index (χ3n) is 3.75. The lowest BCUT2D eigenvalue weighted by atomic mass is 9.97. The van der Waals surface area contributed by atoms with Crippen LogP contribution >= 0.6 is 0 Å². The number of ether oxygens (including phenoxy) is 5. The van der Waals surface area contributed by atoms with Gasteiger partial charge in [0.15, 0.2) is 23.0 Å². The van der Waals surface area contributed by atoms with E-state index in [0.29, 0.717) is 28.7 Å². The second-order valence-electron chi connectivity index (χ2n) is 4.88. The maximum Gasteiger partial charge on any atom is 0.203 e. The van der Waals surface area contributed by atoms with Crippen molar-refractivity contribution in [3.8, 4) is 39.9 Å². The van der Waals surface area contributed by atoms with Crippen LogP contribution in [-0.4, -0.2) is 35.5 Å². The van der Waals surface area contributed by atoms with Crippen molar-refractivity contribution in [2.24, 2.45) is 0 Å². The van der Waals surface area contributed by atoms with Crippen molar-refractivity contribution >= 4 is 6.08 Å². The maximum atomic E-state index is 5.61. The van der Waals surface area contributed by atoms with E-state index in [2.05, 4.69) is 6.58 Å². The molecule has 0 atom stereocenters. The molecule has 0 aliphatic carbocycles. The summed E-state index contributed by atoms with van der Waals surface area (Å²) in [5, 5.41) is 0. The molecule has 0 spiro atoms. The van der Waals surface area contributed by atoms with Gasteiger partial charge in [0.2, 0.25) is 5.75 Å². The van der Waals surface area contributed by atoms with Gasteiger partial charge in [-0.05, 0) is 29.3 Å². The molecule has 0 amide bonds. The second-order valence-corrected chi connectivity index (χ2v) is 4.88. The number of hydrogen-bond acceptors (Lipinski definition) is 5. The fraction of sp³-hybridized carbons (Fsp3) is 0.263. The van der Waals surface area contributed by atoms with Crippen LogP contribution in [0.2, 0.25) is 0 Å². The van der Waals surface area contributed by atoms with Gasteiger partial charge in [-0.25, -0.2) is 0 Å². The highest BCUT2D eigenvalue weighted by molar-refractivity contribution is 5.85. The van der Waals surface area contributed by atoms with E-state index in [1.165, 1.54) is 0 Å². The lowest BCUT2D eigenvalue weighted by Gasteiger charge is -2.19. The number of benzene rings is 2. The standard InChI is InChI=1S/C19H22O5/c1-7-12-10-16(22-4)18(23-5)19(24-6)17(12)13-8-9-14(20-2)15(11-13)21-3/h7-11H,1H2,2-6H3. The third kappa shape index (κ3) is 2.97. The molecule has 0 saturated carbocycles. The van der Waals surface area contributed by atoms with E-state index in [-0.39, 0.29) is 0 Å². The van der Waals surface area contributed by atoms with Crippen LogP contribution in [-0.2, 0) is 0 Å². The fourth-order valence-electron chi connectivity index (χ4n) is 2.63. The van der Waals surface area contributed by atoms with Crippen molar-refractivity contribution in [2.75, 3.05) is 35.5 Å². The number of hydrogen-bond donors (Lipinski definition) is 0. The van der Waals surface area contributed by atoms with Crippen LogP contribution < -0.4 is 23.7 Å². The van der Waals surface area contributed by atoms with Gasteiger partial charge in [-0.1, -0.05) is 18.7 Å².